The molecule has 1 fully saturated rings. The first-order valence-electron chi connectivity index (χ1n) is 14.8. The predicted molar refractivity (Wildman–Crippen MR) is 161 cm³/mol. The highest BCUT2D eigenvalue weighted by molar-refractivity contribution is 6.04. The fraction of sp³-hybridized carbons (Fsp3) is 0.375. The van der Waals surface area contributed by atoms with E-state index in [-0.39, 0.29) is 31.0 Å². The van der Waals surface area contributed by atoms with Gasteiger partial charge in [-0.2, -0.15) is 18.3 Å². The number of carbonyl (C=O) groups is 3. The van der Waals surface area contributed by atoms with Gasteiger partial charge in [-0.05, 0) is 44.2 Å². The van der Waals surface area contributed by atoms with Crippen LogP contribution in [-0.2, 0) is 33.5 Å². The van der Waals surface area contributed by atoms with Crippen LogP contribution in [0.1, 0.15) is 41.0 Å². The van der Waals surface area contributed by atoms with E-state index in [1.165, 1.54) is 11.0 Å². The molecule has 1 saturated heterocycles. The van der Waals surface area contributed by atoms with Gasteiger partial charge >= 0.3 is 6.18 Å². The van der Waals surface area contributed by atoms with E-state index in [0.717, 1.165) is 31.3 Å². The Morgan fingerprint density at radius 3 is 2.49 bits per heavy atom. The minimum Gasteiger partial charge on any atom is -0.379 e. The van der Waals surface area contributed by atoms with Crippen molar-refractivity contribution in [2.75, 3.05) is 44.3 Å². The van der Waals surface area contributed by atoms with Gasteiger partial charge in [-0.3, -0.25) is 24.2 Å². The summed E-state index contributed by atoms with van der Waals surface area (Å²) in [5.74, 6) is -0.951. The lowest BCUT2D eigenvalue weighted by atomic mass is 9.98. The molecule has 1 aromatic heterocycles. The third-order valence-corrected chi connectivity index (χ3v) is 7.90. The van der Waals surface area contributed by atoms with Crippen molar-refractivity contribution in [3.63, 3.8) is 0 Å². The van der Waals surface area contributed by atoms with Crippen LogP contribution in [0.5, 0.6) is 0 Å². The largest absolute Gasteiger partial charge is 0.416 e. The fourth-order valence-electron chi connectivity index (χ4n) is 5.52. The maximum absolute atomic E-state index is 13.7. The number of ether oxygens (including phenoxy) is 1. The van der Waals surface area contributed by atoms with Gasteiger partial charge < -0.3 is 15.4 Å². The van der Waals surface area contributed by atoms with E-state index in [0.29, 0.717) is 48.1 Å². The van der Waals surface area contributed by atoms with Crippen LogP contribution in [0.4, 0.5) is 19.0 Å². The molecule has 13 heteroatoms. The molecule has 3 aromatic rings. The Morgan fingerprint density at radius 2 is 1.82 bits per heavy atom. The molecule has 3 heterocycles. The van der Waals surface area contributed by atoms with E-state index in [2.05, 4.69) is 15.5 Å². The Morgan fingerprint density at radius 1 is 1.09 bits per heavy atom. The van der Waals surface area contributed by atoms with Gasteiger partial charge in [0.25, 0.3) is 11.8 Å². The summed E-state index contributed by atoms with van der Waals surface area (Å²) in [4.78, 5) is 43.7. The number of benzene rings is 2. The highest BCUT2D eigenvalue weighted by atomic mass is 19.4. The molecule has 1 unspecified atom stereocenters. The van der Waals surface area contributed by atoms with E-state index in [9.17, 15) is 27.6 Å². The minimum absolute atomic E-state index is 0.0393. The van der Waals surface area contributed by atoms with Crippen LogP contribution in [0.15, 0.2) is 66.2 Å². The quantitative estimate of drug-likeness (QED) is 0.353. The molecule has 0 saturated carbocycles. The smallest absolute Gasteiger partial charge is 0.379 e. The molecule has 2 aliphatic rings. The first-order chi connectivity index (χ1) is 21.6. The zero-order chi connectivity index (χ0) is 32.1. The second kappa shape index (κ2) is 13.7. The fourth-order valence-corrected chi connectivity index (χ4v) is 5.52. The molecule has 45 heavy (non-hydrogen) atoms. The first-order valence-corrected chi connectivity index (χ1v) is 14.8. The molecular formula is C32H35F3N6O4. The number of aromatic nitrogens is 2. The predicted octanol–water partition coefficient (Wildman–Crippen LogP) is 3.49. The Bertz CT molecular complexity index is 1580. The highest BCUT2D eigenvalue weighted by Gasteiger charge is 2.39. The van der Waals surface area contributed by atoms with Crippen molar-refractivity contribution < 1.29 is 32.3 Å². The number of fused-ring (bicyclic) bond motifs is 1. The number of para-hydroxylation sites is 1. The third kappa shape index (κ3) is 7.10. The topological polar surface area (TPSA) is 109 Å². The van der Waals surface area contributed by atoms with Gasteiger partial charge in [-0.1, -0.05) is 30.3 Å². The number of anilines is 1. The number of amides is 3. The molecule has 2 aromatic carbocycles. The highest BCUT2D eigenvalue weighted by Crippen LogP contribution is 2.34. The van der Waals surface area contributed by atoms with Crippen LogP contribution in [-0.4, -0.2) is 77.8 Å². The number of morpholine rings is 1. The number of rotatable bonds is 9. The number of hydrogen-bond acceptors (Lipinski definition) is 6. The monoisotopic (exact) mass is 624 g/mol. The summed E-state index contributed by atoms with van der Waals surface area (Å²) in [6.45, 7) is 7.05. The van der Waals surface area contributed by atoms with Gasteiger partial charge in [0.1, 0.15) is 11.9 Å². The number of nitrogens with one attached hydrogen (secondary N) is 2. The molecule has 0 spiro atoms. The van der Waals surface area contributed by atoms with Gasteiger partial charge in [-0.15, -0.1) is 0 Å². The number of nitrogens with zero attached hydrogens (tertiary/aromatic N) is 4. The number of allylic oxidation sites excluding steroid dienone is 1. The molecular weight excluding hydrogens is 589 g/mol. The number of hydrogen-bond donors (Lipinski definition) is 2. The number of carbonyl (C=O) groups excluding carboxylic acids is 3. The summed E-state index contributed by atoms with van der Waals surface area (Å²) in [5.41, 5.74) is 1.28. The summed E-state index contributed by atoms with van der Waals surface area (Å²) in [7, 11) is 0. The van der Waals surface area contributed by atoms with Crippen LogP contribution >= 0.6 is 0 Å². The molecule has 0 aliphatic carbocycles. The molecule has 1 atom stereocenters. The third-order valence-electron chi connectivity index (χ3n) is 7.90. The van der Waals surface area contributed by atoms with Crippen molar-refractivity contribution in [1.82, 2.24) is 25.3 Å². The van der Waals surface area contributed by atoms with Crippen molar-refractivity contribution in [2.45, 2.75) is 39.0 Å². The first kappa shape index (κ1) is 31.9. The van der Waals surface area contributed by atoms with Gasteiger partial charge in [0.05, 0.1) is 36.7 Å². The minimum atomic E-state index is -4.62. The lowest BCUT2D eigenvalue weighted by Gasteiger charge is -2.33. The zero-order valence-electron chi connectivity index (χ0n) is 25.1. The SMILES string of the molecule is C/C=C(\CN1CCOCC1)C(=O)NCc1nn(-c2ccccc2)c2c1CC(NC(=O)c1cccc(C(F)(F)F)c1)C(=O)N2CC. The maximum Gasteiger partial charge on any atom is 0.416 e. The zero-order valence-corrected chi connectivity index (χ0v) is 25.1. The molecule has 0 bridgehead atoms. The van der Waals surface area contributed by atoms with Crippen molar-refractivity contribution in [3.8, 4) is 5.69 Å². The van der Waals surface area contributed by atoms with E-state index in [4.69, 9.17) is 9.84 Å². The van der Waals surface area contributed by atoms with Gasteiger partial charge in [0.15, 0.2) is 0 Å². The van der Waals surface area contributed by atoms with Crippen LogP contribution in [0, 0.1) is 0 Å². The maximum atomic E-state index is 13.7. The summed E-state index contributed by atoms with van der Waals surface area (Å²) in [5, 5.41) is 10.4. The van der Waals surface area contributed by atoms with Crippen LogP contribution in [0.3, 0.4) is 0 Å². The van der Waals surface area contributed by atoms with Crippen molar-refractivity contribution in [3.05, 3.63) is 88.6 Å². The van der Waals surface area contributed by atoms with E-state index in [1.807, 2.05) is 37.3 Å². The Balaban J connectivity index is 1.42. The van der Waals surface area contributed by atoms with E-state index < -0.39 is 29.6 Å². The average Bonchev–Trinajstić information content (AvgIpc) is 3.41. The van der Waals surface area contributed by atoms with Crippen LogP contribution in [0.2, 0.25) is 0 Å². The second-order valence-corrected chi connectivity index (χ2v) is 10.8. The Hall–Kier alpha value is -4.49. The second-order valence-electron chi connectivity index (χ2n) is 10.8. The van der Waals surface area contributed by atoms with E-state index in [1.54, 1.807) is 17.7 Å². The standard InChI is InChI=1S/C32H35F3N6O4/c1-3-21(20-39-13-15-45-16-14-39)28(42)36-19-27-25-18-26(37-29(43)22-9-8-10-23(17-22)32(33,34)35)31(44)40(4-2)30(25)41(38-27)24-11-6-5-7-12-24/h3,5-12,17,26H,4,13-16,18-20H2,1-2H3,(H,36,42)(H,37,43)/b21-3+. The van der Waals surface area contributed by atoms with Crippen molar-refractivity contribution in [1.29, 1.82) is 0 Å². The van der Waals surface area contributed by atoms with Crippen LogP contribution in [0.25, 0.3) is 5.69 Å². The molecule has 2 N–H and O–H groups in total. The lowest BCUT2D eigenvalue weighted by molar-refractivity contribution is -0.137. The van der Waals surface area contributed by atoms with Crippen molar-refractivity contribution >= 4 is 23.5 Å². The normalized spacial score (nSPS) is 17.6. The van der Waals surface area contributed by atoms with Gasteiger partial charge in [0, 0.05) is 49.3 Å². The average molecular weight is 625 g/mol. The van der Waals surface area contributed by atoms with Crippen LogP contribution < -0.4 is 15.5 Å². The Kier molecular flexibility index (Phi) is 9.68. The number of likely N-dealkylation sites (N-methyl/N-ethyl adjacent to an activating group) is 1. The molecule has 3 amide bonds. The van der Waals surface area contributed by atoms with Gasteiger partial charge in [-0.25, -0.2) is 4.68 Å². The van der Waals surface area contributed by atoms with E-state index >= 15 is 0 Å². The Labute approximate surface area is 258 Å². The summed E-state index contributed by atoms with van der Waals surface area (Å²) < 4.78 is 46.9. The molecule has 0 radical (unpaired) electrons. The molecule has 2 aliphatic heterocycles. The van der Waals surface area contributed by atoms with Gasteiger partial charge in [0.2, 0.25) is 5.91 Å². The summed E-state index contributed by atoms with van der Waals surface area (Å²) in [6, 6.07) is 12.2. The lowest BCUT2D eigenvalue weighted by Crippen LogP contribution is -2.53. The summed E-state index contributed by atoms with van der Waals surface area (Å²) >= 11 is 0. The molecule has 10 nitrogen and oxygen atoms in total. The number of halogens is 3. The number of alkyl halides is 3. The molecule has 5 rings (SSSR count). The molecule has 238 valence electrons. The van der Waals surface area contributed by atoms with Crippen molar-refractivity contribution in [2.24, 2.45) is 0 Å². The summed E-state index contributed by atoms with van der Waals surface area (Å²) in [6.07, 6.45) is -2.80.